The number of aromatic nitrogens is 1. The number of pyridine rings is 1. The normalized spacial score (nSPS) is 11.8. The molecule has 0 aliphatic rings. The third kappa shape index (κ3) is 4.53. The first-order chi connectivity index (χ1) is 7.53. The Morgan fingerprint density at radius 1 is 1.50 bits per heavy atom. The summed E-state index contributed by atoms with van der Waals surface area (Å²) < 4.78 is 0. The smallest absolute Gasteiger partial charge is 0.126 e. The Hall–Kier alpha value is -1.22. The summed E-state index contributed by atoms with van der Waals surface area (Å²) in [4.78, 5) is 17.1. The quantitative estimate of drug-likeness (QED) is 0.685. The SMILES string of the molecule is CN(CCc1cccnc1)CC(C)(C)C=O. The molecule has 88 valence electrons. The van der Waals surface area contributed by atoms with Gasteiger partial charge in [0, 0.05) is 30.9 Å². The van der Waals surface area contributed by atoms with E-state index in [4.69, 9.17) is 0 Å². The minimum absolute atomic E-state index is 0.260. The lowest BCUT2D eigenvalue weighted by Gasteiger charge is -2.25. The molecule has 0 saturated carbocycles. The van der Waals surface area contributed by atoms with Crippen molar-refractivity contribution in [2.75, 3.05) is 20.1 Å². The molecule has 1 rings (SSSR count). The predicted molar refractivity (Wildman–Crippen MR) is 65.3 cm³/mol. The summed E-state index contributed by atoms with van der Waals surface area (Å²) in [5.41, 5.74) is 0.974. The van der Waals surface area contributed by atoms with Crippen molar-refractivity contribution < 1.29 is 4.79 Å². The number of carbonyl (C=O) groups excluding carboxylic acids is 1. The molecule has 0 aliphatic carbocycles. The van der Waals surface area contributed by atoms with Crippen LogP contribution in [0.5, 0.6) is 0 Å². The highest BCUT2D eigenvalue weighted by Crippen LogP contribution is 2.12. The van der Waals surface area contributed by atoms with Gasteiger partial charge in [-0.05, 0) is 25.1 Å². The number of hydrogen-bond acceptors (Lipinski definition) is 3. The summed E-state index contributed by atoms with van der Waals surface area (Å²) in [6.45, 7) is 5.65. The summed E-state index contributed by atoms with van der Waals surface area (Å²) in [7, 11) is 2.04. The van der Waals surface area contributed by atoms with Crippen LogP contribution in [0, 0.1) is 5.41 Å². The second-order valence-corrected chi connectivity index (χ2v) is 4.96. The molecule has 1 heterocycles. The molecule has 0 saturated heterocycles. The molecule has 3 heteroatoms. The Kier molecular flexibility index (Phi) is 4.62. The highest BCUT2D eigenvalue weighted by Gasteiger charge is 2.18. The van der Waals surface area contributed by atoms with Gasteiger partial charge in [0.1, 0.15) is 6.29 Å². The highest BCUT2D eigenvalue weighted by atomic mass is 16.1. The average Bonchev–Trinajstić information content (AvgIpc) is 2.27. The second-order valence-electron chi connectivity index (χ2n) is 4.96. The summed E-state index contributed by atoms with van der Waals surface area (Å²) in [5, 5.41) is 0. The molecule has 0 N–H and O–H groups in total. The molecule has 3 nitrogen and oxygen atoms in total. The molecule has 0 atom stereocenters. The first-order valence-corrected chi connectivity index (χ1v) is 5.57. The van der Waals surface area contributed by atoms with Crippen molar-refractivity contribution in [1.29, 1.82) is 0 Å². The maximum absolute atomic E-state index is 10.8. The van der Waals surface area contributed by atoms with Crippen LogP contribution < -0.4 is 0 Å². The van der Waals surface area contributed by atoms with Gasteiger partial charge in [0.2, 0.25) is 0 Å². The Morgan fingerprint density at radius 3 is 2.81 bits per heavy atom. The number of carbonyl (C=O) groups is 1. The standard InChI is InChI=1S/C13H20N2O/c1-13(2,11-16)10-15(3)8-6-12-5-4-7-14-9-12/h4-5,7,9,11H,6,8,10H2,1-3H3. The second kappa shape index (κ2) is 5.75. The fourth-order valence-corrected chi connectivity index (χ4v) is 1.68. The van der Waals surface area contributed by atoms with Gasteiger partial charge in [-0.25, -0.2) is 0 Å². The van der Waals surface area contributed by atoms with Gasteiger partial charge in [-0.1, -0.05) is 19.9 Å². The van der Waals surface area contributed by atoms with E-state index in [0.717, 1.165) is 25.8 Å². The van der Waals surface area contributed by atoms with Crippen LogP contribution in [0.3, 0.4) is 0 Å². The molecule has 0 unspecified atom stereocenters. The van der Waals surface area contributed by atoms with E-state index in [2.05, 4.69) is 16.0 Å². The first kappa shape index (κ1) is 12.8. The monoisotopic (exact) mass is 220 g/mol. The first-order valence-electron chi connectivity index (χ1n) is 5.57. The lowest BCUT2D eigenvalue weighted by molar-refractivity contribution is -0.115. The molecule has 0 spiro atoms. The van der Waals surface area contributed by atoms with Gasteiger partial charge in [0.05, 0.1) is 0 Å². The number of rotatable bonds is 6. The van der Waals surface area contributed by atoms with Crippen molar-refractivity contribution in [2.24, 2.45) is 5.41 Å². The molecule has 16 heavy (non-hydrogen) atoms. The van der Waals surface area contributed by atoms with Crippen LogP contribution in [0.1, 0.15) is 19.4 Å². The van der Waals surface area contributed by atoms with Gasteiger partial charge in [0.25, 0.3) is 0 Å². The molecule has 0 amide bonds. The van der Waals surface area contributed by atoms with E-state index in [9.17, 15) is 4.79 Å². The zero-order valence-corrected chi connectivity index (χ0v) is 10.3. The maximum atomic E-state index is 10.8. The molecule has 1 aromatic rings. The minimum atomic E-state index is -0.260. The molecule has 1 aromatic heterocycles. The van der Waals surface area contributed by atoms with E-state index in [-0.39, 0.29) is 5.41 Å². The van der Waals surface area contributed by atoms with Gasteiger partial charge in [-0.15, -0.1) is 0 Å². The number of nitrogens with zero attached hydrogens (tertiary/aromatic N) is 2. The van der Waals surface area contributed by atoms with Crippen LogP contribution in [0.25, 0.3) is 0 Å². The summed E-state index contributed by atoms with van der Waals surface area (Å²) in [6, 6.07) is 4.02. The van der Waals surface area contributed by atoms with Crippen molar-refractivity contribution in [3.63, 3.8) is 0 Å². The van der Waals surface area contributed by atoms with Gasteiger partial charge in [0.15, 0.2) is 0 Å². The number of hydrogen-bond donors (Lipinski definition) is 0. The summed E-state index contributed by atoms with van der Waals surface area (Å²) in [6.07, 6.45) is 5.66. The van der Waals surface area contributed by atoms with Gasteiger partial charge in [-0.2, -0.15) is 0 Å². The van der Waals surface area contributed by atoms with Crippen molar-refractivity contribution in [3.05, 3.63) is 30.1 Å². The van der Waals surface area contributed by atoms with E-state index < -0.39 is 0 Å². The highest BCUT2D eigenvalue weighted by molar-refractivity contribution is 5.58. The Morgan fingerprint density at radius 2 is 2.25 bits per heavy atom. The number of likely N-dealkylation sites (N-methyl/N-ethyl adjacent to an activating group) is 1. The van der Waals surface area contributed by atoms with E-state index >= 15 is 0 Å². The van der Waals surface area contributed by atoms with Crippen molar-refractivity contribution in [3.8, 4) is 0 Å². The van der Waals surface area contributed by atoms with Gasteiger partial charge >= 0.3 is 0 Å². The zero-order chi connectivity index (χ0) is 12.0. The summed E-state index contributed by atoms with van der Waals surface area (Å²) >= 11 is 0. The topological polar surface area (TPSA) is 33.2 Å². The van der Waals surface area contributed by atoms with Crippen LogP contribution in [0.15, 0.2) is 24.5 Å². The van der Waals surface area contributed by atoms with E-state index in [0.29, 0.717) is 0 Å². The van der Waals surface area contributed by atoms with Gasteiger partial charge < -0.3 is 9.69 Å². The molecular weight excluding hydrogens is 200 g/mol. The maximum Gasteiger partial charge on any atom is 0.126 e. The van der Waals surface area contributed by atoms with E-state index in [1.807, 2.05) is 33.2 Å². The lowest BCUT2D eigenvalue weighted by Crippen LogP contribution is -2.33. The fourth-order valence-electron chi connectivity index (χ4n) is 1.68. The number of aldehydes is 1. The van der Waals surface area contributed by atoms with Crippen LogP contribution >= 0.6 is 0 Å². The Balaban J connectivity index is 2.36. The van der Waals surface area contributed by atoms with Crippen LogP contribution in [0.4, 0.5) is 0 Å². The van der Waals surface area contributed by atoms with Crippen LogP contribution in [-0.2, 0) is 11.2 Å². The van der Waals surface area contributed by atoms with Crippen LogP contribution in [0.2, 0.25) is 0 Å². The van der Waals surface area contributed by atoms with Gasteiger partial charge in [-0.3, -0.25) is 4.98 Å². The molecule has 0 fully saturated rings. The molecule has 0 radical (unpaired) electrons. The van der Waals surface area contributed by atoms with Crippen molar-refractivity contribution in [2.45, 2.75) is 20.3 Å². The Bertz CT molecular complexity index is 322. The Labute approximate surface area is 97.5 Å². The largest absolute Gasteiger partial charge is 0.305 e. The average molecular weight is 220 g/mol. The van der Waals surface area contributed by atoms with Crippen molar-refractivity contribution in [1.82, 2.24) is 9.88 Å². The zero-order valence-electron chi connectivity index (χ0n) is 10.3. The lowest BCUT2D eigenvalue weighted by atomic mass is 9.95. The third-order valence-corrected chi connectivity index (χ3v) is 2.50. The molecule has 0 aromatic carbocycles. The summed E-state index contributed by atoms with van der Waals surface area (Å²) in [5.74, 6) is 0. The van der Waals surface area contributed by atoms with Crippen molar-refractivity contribution >= 4 is 6.29 Å². The molecule has 0 bridgehead atoms. The molecule has 0 aliphatic heterocycles. The molecular formula is C13H20N2O. The predicted octanol–water partition coefficient (Wildman–Crippen LogP) is 1.78. The minimum Gasteiger partial charge on any atom is -0.305 e. The third-order valence-electron chi connectivity index (χ3n) is 2.50. The van der Waals surface area contributed by atoms with E-state index in [1.165, 1.54) is 5.56 Å². The van der Waals surface area contributed by atoms with Crippen LogP contribution in [-0.4, -0.2) is 36.3 Å². The fraction of sp³-hybridized carbons (Fsp3) is 0.538. The van der Waals surface area contributed by atoms with E-state index in [1.54, 1.807) is 6.20 Å².